The van der Waals surface area contributed by atoms with Crippen LogP contribution in [0.1, 0.15) is 25.5 Å². The van der Waals surface area contributed by atoms with E-state index >= 15 is 0 Å². The minimum Gasteiger partial charge on any atom is -0.352 e. The molecule has 0 saturated carbocycles. The number of hydrogen-bond donors (Lipinski definition) is 0. The second kappa shape index (κ2) is 11.6. The second-order valence-corrected chi connectivity index (χ2v) is 14.0. The predicted octanol–water partition coefficient (Wildman–Crippen LogP) is 3.76. The Morgan fingerprint density at radius 2 is 1.82 bits per heavy atom. The molecule has 2 fully saturated rings. The van der Waals surface area contributed by atoms with Crippen LogP contribution in [0.2, 0.25) is 0 Å². The maximum atomic E-state index is 14.3. The van der Waals surface area contributed by atoms with Crippen molar-refractivity contribution in [1.29, 1.82) is 0 Å². The Bertz CT molecular complexity index is 1860. The van der Waals surface area contributed by atoms with Gasteiger partial charge in [0, 0.05) is 97.5 Å². The lowest BCUT2D eigenvalue weighted by Crippen LogP contribution is -2.58. The molecule has 7 rings (SSSR count). The van der Waals surface area contributed by atoms with Crippen molar-refractivity contribution >= 4 is 45.3 Å². The summed E-state index contributed by atoms with van der Waals surface area (Å²) in [5.74, 6) is 1.46. The zero-order valence-electron chi connectivity index (χ0n) is 26.9. The molecule has 3 atom stereocenters. The molecule has 2 aromatic carbocycles. The predicted molar refractivity (Wildman–Crippen MR) is 182 cm³/mol. The SMILES string of the molecule is C=CC(=O)N1[C@H](C)CN(c2nc(=O)n3c4c(c(-c5cccc6cnn(C)c56)c(C)cc24)SCC3CN2CCN(C)CC2)C[C@@H]1C. The monoisotopic (exact) mass is 626 g/mol. The number of thioether (sulfide) groups is 1. The van der Waals surface area contributed by atoms with E-state index in [1.807, 2.05) is 39.2 Å². The topological polar surface area (TPSA) is 82.7 Å². The summed E-state index contributed by atoms with van der Waals surface area (Å²) in [4.78, 5) is 41.9. The van der Waals surface area contributed by atoms with E-state index in [-0.39, 0.29) is 29.7 Å². The fourth-order valence-electron chi connectivity index (χ4n) is 7.73. The van der Waals surface area contributed by atoms with Gasteiger partial charge >= 0.3 is 5.69 Å². The molecule has 0 spiro atoms. The van der Waals surface area contributed by atoms with E-state index in [1.54, 1.807) is 0 Å². The number of para-hydroxylation sites is 1. The van der Waals surface area contributed by atoms with Crippen LogP contribution in [0.25, 0.3) is 32.9 Å². The van der Waals surface area contributed by atoms with Crippen LogP contribution in [-0.2, 0) is 11.8 Å². The van der Waals surface area contributed by atoms with Crippen molar-refractivity contribution in [3.05, 3.63) is 59.2 Å². The number of piperazine rings is 2. The summed E-state index contributed by atoms with van der Waals surface area (Å²) in [6.45, 7) is 16.1. The van der Waals surface area contributed by atoms with Crippen LogP contribution in [0.4, 0.5) is 5.82 Å². The Labute approximate surface area is 268 Å². The number of carbonyl (C=O) groups excluding carboxylic acids is 1. The molecule has 10 nitrogen and oxygen atoms in total. The lowest BCUT2D eigenvalue weighted by atomic mass is 9.95. The first-order chi connectivity index (χ1) is 21.7. The summed E-state index contributed by atoms with van der Waals surface area (Å²) < 4.78 is 3.95. The lowest BCUT2D eigenvalue weighted by molar-refractivity contribution is -0.130. The second-order valence-electron chi connectivity index (χ2n) is 13.0. The minimum atomic E-state index is -0.198. The quantitative estimate of drug-likeness (QED) is 0.310. The van der Waals surface area contributed by atoms with Gasteiger partial charge < -0.3 is 14.7 Å². The van der Waals surface area contributed by atoms with E-state index in [0.29, 0.717) is 18.9 Å². The number of benzene rings is 2. The number of aryl methyl sites for hydroxylation is 2. The van der Waals surface area contributed by atoms with Crippen molar-refractivity contribution < 1.29 is 4.79 Å². The molecule has 0 radical (unpaired) electrons. The van der Waals surface area contributed by atoms with Crippen molar-refractivity contribution in [3.63, 3.8) is 0 Å². The van der Waals surface area contributed by atoms with Crippen molar-refractivity contribution in [2.75, 3.05) is 63.5 Å². The van der Waals surface area contributed by atoms with Gasteiger partial charge in [-0.3, -0.25) is 18.9 Å². The molecular formula is C34H42N8O2S. The first kappa shape index (κ1) is 30.0. The molecule has 5 heterocycles. The lowest BCUT2D eigenvalue weighted by Gasteiger charge is -2.45. The Kier molecular flexibility index (Phi) is 7.74. The molecule has 3 aliphatic rings. The number of hydrogen-bond acceptors (Lipinski definition) is 8. The zero-order valence-corrected chi connectivity index (χ0v) is 27.7. The number of rotatable bonds is 5. The van der Waals surface area contributed by atoms with Crippen molar-refractivity contribution in [1.82, 2.24) is 34.0 Å². The molecule has 45 heavy (non-hydrogen) atoms. The third-order valence-electron chi connectivity index (χ3n) is 9.87. The highest BCUT2D eigenvalue weighted by atomic mass is 32.2. The molecule has 1 unspecified atom stereocenters. The first-order valence-corrected chi connectivity index (χ1v) is 16.9. The van der Waals surface area contributed by atoms with E-state index < -0.39 is 0 Å². The Hall–Kier alpha value is -3.67. The molecule has 236 valence electrons. The van der Waals surface area contributed by atoms with Gasteiger partial charge in [-0.15, -0.1) is 11.8 Å². The van der Waals surface area contributed by atoms with Crippen molar-refractivity contribution in [2.24, 2.45) is 7.05 Å². The summed E-state index contributed by atoms with van der Waals surface area (Å²) in [6, 6.07) is 8.53. The van der Waals surface area contributed by atoms with Gasteiger partial charge in [0.1, 0.15) is 5.82 Å². The Morgan fingerprint density at radius 1 is 1.09 bits per heavy atom. The number of fused-ring (bicyclic) bond motifs is 1. The van der Waals surface area contributed by atoms with Gasteiger partial charge in [-0.25, -0.2) is 4.79 Å². The number of amides is 1. The summed E-state index contributed by atoms with van der Waals surface area (Å²) >= 11 is 1.87. The normalized spacial score (nSPS) is 22.8. The van der Waals surface area contributed by atoms with Crippen LogP contribution in [-0.4, -0.2) is 111 Å². The van der Waals surface area contributed by atoms with Gasteiger partial charge in [0.15, 0.2) is 0 Å². The number of aromatic nitrogens is 4. The molecule has 3 aliphatic heterocycles. The molecule has 1 amide bonds. The highest BCUT2D eigenvalue weighted by Crippen LogP contribution is 2.47. The highest BCUT2D eigenvalue weighted by Gasteiger charge is 2.36. The average molecular weight is 627 g/mol. The minimum absolute atomic E-state index is 0.0189. The van der Waals surface area contributed by atoms with E-state index in [0.717, 1.165) is 81.9 Å². The molecule has 0 bridgehead atoms. The molecule has 0 aliphatic carbocycles. The Morgan fingerprint density at radius 3 is 2.53 bits per heavy atom. The van der Waals surface area contributed by atoms with Crippen LogP contribution in [0.3, 0.4) is 0 Å². The standard InChI is InChI=1S/C34H42N8O2S/c1-7-28(43)41-22(3)17-40(18-23(41)4)33-27-15-21(2)29(26-10-8-9-24-16-35-38(6)30(24)26)32-31(27)42(34(44)36-33)25(20-45-32)19-39-13-11-37(5)12-14-39/h7-10,15-16,22-23,25H,1,11-14,17-20H2,2-6H3/t22-,23+,25?. The number of likely N-dealkylation sites (N-methyl/N-ethyl adjacent to an activating group) is 1. The highest BCUT2D eigenvalue weighted by molar-refractivity contribution is 7.99. The molecular weight excluding hydrogens is 584 g/mol. The molecule has 2 saturated heterocycles. The maximum Gasteiger partial charge on any atom is 0.350 e. The number of carbonyl (C=O) groups is 1. The molecule has 0 N–H and O–H groups in total. The van der Waals surface area contributed by atoms with Gasteiger partial charge in [-0.1, -0.05) is 24.8 Å². The molecule has 11 heteroatoms. The molecule has 2 aromatic heterocycles. The number of nitrogens with zero attached hydrogens (tertiary/aromatic N) is 8. The smallest absolute Gasteiger partial charge is 0.350 e. The van der Waals surface area contributed by atoms with Crippen LogP contribution < -0.4 is 10.6 Å². The zero-order chi connectivity index (χ0) is 31.6. The van der Waals surface area contributed by atoms with Crippen LogP contribution in [0.15, 0.2) is 52.8 Å². The van der Waals surface area contributed by atoms with E-state index in [9.17, 15) is 9.59 Å². The number of anilines is 1. The van der Waals surface area contributed by atoms with Crippen LogP contribution in [0, 0.1) is 6.92 Å². The summed E-state index contributed by atoms with van der Waals surface area (Å²) in [6.07, 6.45) is 3.30. The van der Waals surface area contributed by atoms with Gasteiger partial charge in [-0.2, -0.15) is 10.1 Å². The van der Waals surface area contributed by atoms with Gasteiger partial charge in [0.05, 0.1) is 23.3 Å². The van der Waals surface area contributed by atoms with Crippen molar-refractivity contribution in [3.8, 4) is 11.1 Å². The largest absolute Gasteiger partial charge is 0.352 e. The fourth-order valence-corrected chi connectivity index (χ4v) is 9.10. The van der Waals surface area contributed by atoms with Gasteiger partial charge in [0.2, 0.25) is 5.91 Å². The third-order valence-corrected chi connectivity index (χ3v) is 11.1. The Balaban J connectivity index is 1.42. The van der Waals surface area contributed by atoms with Crippen molar-refractivity contribution in [2.45, 2.75) is 43.8 Å². The van der Waals surface area contributed by atoms with E-state index in [4.69, 9.17) is 4.98 Å². The first-order valence-electron chi connectivity index (χ1n) is 15.9. The average Bonchev–Trinajstić information content (AvgIpc) is 3.40. The molecule has 4 aromatic rings. The van der Waals surface area contributed by atoms with E-state index in [2.05, 4.69) is 78.5 Å². The summed E-state index contributed by atoms with van der Waals surface area (Å²) in [5, 5.41) is 6.66. The van der Waals surface area contributed by atoms with Crippen LogP contribution in [0.5, 0.6) is 0 Å². The van der Waals surface area contributed by atoms with E-state index in [1.165, 1.54) is 6.08 Å². The fraction of sp³-hybridized carbons (Fsp3) is 0.471. The summed E-state index contributed by atoms with van der Waals surface area (Å²) in [5.41, 5.74) is 5.30. The summed E-state index contributed by atoms with van der Waals surface area (Å²) in [7, 11) is 4.16. The maximum absolute atomic E-state index is 14.3. The third kappa shape index (κ3) is 5.05. The van der Waals surface area contributed by atoms with Gasteiger partial charge in [0.25, 0.3) is 0 Å². The van der Waals surface area contributed by atoms with Gasteiger partial charge in [-0.05, 0) is 45.5 Å². The van der Waals surface area contributed by atoms with Crippen LogP contribution >= 0.6 is 11.8 Å².